The minimum absolute atomic E-state index is 0.0214. The molecular weight excluding hydrogens is 282 g/mol. The topological polar surface area (TPSA) is 59.2 Å². The third-order valence-electron chi connectivity index (χ3n) is 3.47. The fourth-order valence-corrected chi connectivity index (χ4v) is 2.45. The first-order valence-corrected chi connectivity index (χ1v) is 7.88. The second-order valence-electron chi connectivity index (χ2n) is 5.62. The van der Waals surface area contributed by atoms with E-state index in [-0.39, 0.29) is 11.9 Å². The normalized spacial score (nSPS) is 11.0. The Balaban J connectivity index is 3.01. The quantitative estimate of drug-likeness (QED) is 0.787. The highest BCUT2D eigenvalue weighted by Crippen LogP contribution is 2.15. The van der Waals surface area contributed by atoms with Gasteiger partial charge < -0.3 is 10.6 Å². The number of thiocarbonyl (C=S) groups is 1. The van der Waals surface area contributed by atoms with Gasteiger partial charge in [-0.2, -0.15) is 0 Å². The smallest absolute Gasteiger partial charge is 0.272 e. The molecule has 1 heterocycles. The van der Waals surface area contributed by atoms with Gasteiger partial charge in [-0.1, -0.05) is 39.9 Å². The van der Waals surface area contributed by atoms with E-state index in [1.165, 1.54) is 0 Å². The lowest BCUT2D eigenvalue weighted by atomic mass is 10.1. The molecule has 0 aliphatic carbocycles. The van der Waals surface area contributed by atoms with E-state index in [0.717, 1.165) is 19.4 Å². The Bertz CT molecular complexity index is 481. The van der Waals surface area contributed by atoms with Crippen molar-refractivity contribution in [2.75, 3.05) is 6.54 Å². The molecule has 0 bridgehead atoms. The summed E-state index contributed by atoms with van der Waals surface area (Å²) >= 11 is 4.90. The predicted molar refractivity (Wildman–Crippen MR) is 90.4 cm³/mol. The van der Waals surface area contributed by atoms with Gasteiger partial charge in [0.2, 0.25) is 0 Å². The van der Waals surface area contributed by atoms with Gasteiger partial charge in [-0.3, -0.25) is 9.78 Å². The van der Waals surface area contributed by atoms with Crippen LogP contribution in [0, 0.1) is 5.92 Å². The third kappa shape index (κ3) is 4.77. The Labute approximate surface area is 132 Å². The molecule has 5 heteroatoms. The first kappa shape index (κ1) is 17.6. The summed E-state index contributed by atoms with van der Waals surface area (Å²) in [7, 11) is 0. The van der Waals surface area contributed by atoms with Crippen LogP contribution >= 0.6 is 12.2 Å². The lowest BCUT2D eigenvalue weighted by Crippen LogP contribution is -2.42. The molecule has 0 atom stereocenters. The fourth-order valence-electron chi connectivity index (χ4n) is 2.33. The highest BCUT2D eigenvalue weighted by molar-refractivity contribution is 7.80. The number of carbonyl (C=O) groups excluding carboxylic acids is 1. The van der Waals surface area contributed by atoms with E-state index in [1.54, 1.807) is 18.3 Å². The molecule has 0 spiro atoms. The van der Waals surface area contributed by atoms with Crippen molar-refractivity contribution in [1.29, 1.82) is 0 Å². The van der Waals surface area contributed by atoms with Gasteiger partial charge >= 0.3 is 0 Å². The molecule has 1 aromatic rings. The molecule has 0 radical (unpaired) electrons. The molecule has 116 valence electrons. The number of hydrogen-bond donors (Lipinski definition) is 1. The Hall–Kier alpha value is -1.49. The molecule has 1 rings (SSSR count). The van der Waals surface area contributed by atoms with Gasteiger partial charge in [0.25, 0.3) is 5.91 Å². The number of nitrogens with two attached hydrogens (primary N) is 1. The van der Waals surface area contributed by atoms with Crippen LogP contribution in [0.3, 0.4) is 0 Å². The summed E-state index contributed by atoms with van der Waals surface area (Å²) in [5.74, 6) is 0.400. The molecule has 0 aromatic carbocycles. The molecule has 0 fully saturated rings. The van der Waals surface area contributed by atoms with Crippen LogP contribution in [0.4, 0.5) is 0 Å². The van der Waals surface area contributed by atoms with Crippen LogP contribution in [0.2, 0.25) is 0 Å². The van der Waals surface area contributed by atoms with Crippen molar-refractivity contribution in [1.82, 2.24) is 9.88 Å². The number of pyridine rings is 1. The molecule has 2 N–H and O–H groups in total. The first-order valence-electron chi connectivity index (χ1n) is 7.47. The van der Waals surface area contributed by atoms with E-state index in [1.807, 2.05) is 4.90 Å². The van der Waals surface area contributed by atoms with Crippen LogP contribution in [0.1, 0.15) is 56.6 Å². The highest BCUT2D eigenvalue weighted by atomic mass is 32.1. The molecule has 0 unspecified atom stereocenters. The van der Waals surface area contributed by atoms with Crippen LogP contribution in [0.15, 0.2) is 18.3 Å². The van der Waals surface area contributed by atoms with Crippen molar-refractivity contribution >= 4 is 23.1 Å². The summed E-state index contributed by atoms with van der Waals surface area (Å²) in [4.78, 5) is 19.2. The average Bonchev–Trinajstić information content (AvgIpc) is 2.46. The van der Waals surface area contributed by atoms with Gasteiger partial charge in [-0.15, -0.1) is 0 Å². The fraction of sp³-hybridized carbons (Fsp3) is 0.562. The van der Waals surface area contributed by atoms with E-state index >= 15 is 0 Å². The summed E-state index contributed by atoms with van der Waals surface area (Å²) in [6.07, 6.45) is 3.45. The lowest BCUT2D eigenvalue weighted by molar-refractivity contribution is 0.0634. The van der Waals surface area contributed by atoms with Gasteiger partial charge in [-0.25, -0.2) is 0 Å². The highest BCUT2D eigenvalue weighted by Gasteiger charge is 2.24. The van der Waals surface area contributed by atoms with Gasteiger partial charge in [0.1, 0.15) is 10.7 Å². The van der Waals surface area contributed by atoms with Crippen LogP contribution in [-0.4, -0.2) is 33.4 Å². The Kier molecular flexibility index (Phi) is 6.75. The van der Waals surface area contributed by atoms with Gasteiger partial charge in [0.15, 0.2) is 0 Å². The zero-order valence-corrected chi connectivity index (χ0v) is 14.1. The summed E-state index contributed by atoms with van der Waals surface area (Å²) in [5, 5.41) is 0. The van der Waals surface area contributed by atoms with Crippen LogP contribution in [0.25, 0.3) is 0 Å². The second-order valence-corrected chi connectivity index (χ2v) is 6.06. The lowest BCUT2D eigenvalue weighted by Gasteiger charge is -2.31. The van der Waals surface area contributed by atoms with E-state index in [0.29, 0.717) is 22.2 Å². The first-order chi connectivity index (χ1) is 9.90. The maximum absolute atomic E-state index is 12.7. The number of carbonyl (C=O) groups is 1. The van der Waals surface area contributed by atoms with E-state index in [9.17, 15) is 4.79 Å². The Morgan fingerprint density at radius 3 is 2.33 bits per heavy atom. The largest absolute Gasteiger partial charge is 0.389 e. The van der Waals surface area contributed by atoms with Crippen molar-refractivity contribution < 1.29 is 4.79 Å². The number of hydrogen-bond acceptors (Lipinski definition) is 3. The minimum atomic E-state index is -0.0214. The molecule has 4 nitrogen and oxygen atoms in total. The molecule has 0 aliphatic heterocycles. The second kappa shape index (κ2) is 8.08. The maximum atomic E-state index is 12.7. The Morgan fingerprint density at radius 1 is 1.33 bits per heavy atom. The van der Waals surface area contributed by atoms with E-state index in [2.05, 4.69) is 32.7 Å². The standard InChI is InChI=1S/C16H25N3OS/c1-5-13(6-2)19(10-11(3)4)16(20)14-8-7-12(9-18-14)15(17)21/h7-9,11,13H,5-6,10H2,1-4H3,(H2,17,21). The third-order valence-corrected chi connectivity index (χ3v) is 3.71. The van der Waals surface area contributed by atoms with Gasteiger partial charge in [-0.05, 0) is 30.9 Å². The van der Waals surface area contributed by atoms with Crippen molar-refractivity contribution in [2.45, 2.75) is 46.6 Å². The summed E-state index contributed by atoms with van der Waals surface area (Å²) in [6.45, 7) is 9.19. The van der Waals surface area contributed by atoms with Crippen molar-refractivity contribution in [3.05, 3.63) is 29.6 Å². The molecule has 1 amide bonds. The zero-order valence-electron chi connectivity index (χ0n) is 13.3. The van der Waals surface area contributed by atoms with Crippen LogP contribution in [-0.2, 0) is 0 Å². The number of aromatic nitrogens is 1. The zero-order chi connectivity index (χ0) is 16.0. The van der Waals surface area contributed by atoms with Crippen LogP contribution < -0.4 is 5.73 Å². The van der Waals surface area contributed by atoms with E-state index in [4.69, 9.17) is 18.0 Å². The molecule has 0 saturated heterocycles. The van der Waals surface area contributed by atoms with E-state index < -0.39 is 0 Å². The molecule has 21 heavy (non-hydrogen) atoms. The molecule has 0 aliphatic rings. The molecule has 0 saturated carbocycles. The monoisotopic (exact) mass is 307 g/mol. The molecule has 1 aromatic heterocycles. The minimum Gasteiger partial charge on any atom is -0.389 e. The maximum Gasteiger partial charge on any atom is 0.272 e. The number of amides is 1. The van der Waals surface area contributed by atoms with Crippen molar-refractivity contribution in [3.8, 4) is 0 Å². The Morgan fingerprint density at radius 2 is 1.95 bits per heavy atom. The molecular formula is C16H25N3OS. The number of rotatable bonds is 7. The SMILES string of the molecule is CCC(CC)N(CC(C)C)C(=O)c1ccc(C(N)=S)cn1. The van der Waals surface area contributed by atoms with Gasteiger partial charge in [0.05, 0.1) is 0 Å². The summed E-state index contributed by atoms with van der Waals surface area (Å²) < 4.78 is 0. The van der Waals surface area contributed by atoms with Crippen molar-refractivity contribution in [2.24, 2.45) is 11.7 Å². The summed E-state index contributed by atoms with van der Waals surface area (Å²) in [5.41, 5.74) is 6.68. The predicted octanol–water partition coefficient (Wildman–Crippen LogP) is 3.00. The van der Waals surface area contributed by atoms with Gasteiger partial charge in [0, 0.05) is 24.3 Å². The number of nitrogens with zero attached hydrogens (tertiary/aromatic N) is 2. The van der Waals surface area contributed by atoms with Crippen molar-refractivity contribution in [3.63, 3.8) is 0 Å². The average molecular weight is 307 g/mol. The summed E-state index contributed by atoms with van der Waals surface area (Å²) in [6, 6.07) is 3.70. The van der Waals surface area contributed by atoms with Crippen LogP contribution in [0.5, 0.6) is 0 Å².